The van der Waals surface area contributed by atoms with E-state index in [1.54, 1.807) is 0 Å². The number of rotatable bonds is 10. The van der Waals surface area contributed by atoms with E-state index in [0.29, 0.717) is 25.2 Å². The number of benzene rings is 1. The molecule has 0 aliphatic heterocycles. The summed E-state index contributed by atoms with van der Waals surface area (Å²) in [5, 5.41) is 17.7. The van der Waals surface area contributed by atoms with Gasteiger partial charge in [-0.05, 0) is 49.1 Å². The van der Waals surface area contributed by atoms with Crippen LogP contribution in [0.25, 0.3) is 0 Å². The van der Waals surface area contributed by atoms with Gasteiger partial charge in [-0.25, -0.2) is 4.79 Å². The van der Waals surface area contributed by atoms with Crippen molar-refractivity contribution >= 4 is 11.8 Å². The topological polar surface area (TPSA) is 83.8 Å². The van der Waals surface area contributed by atoms with Crippen LogP contribution < -0.4 is 0 Å². The van der Waals surface area contributed by atoms with Crippen LogP contribution in [0.15, 0.2) is 24.3 Å². The van der Waals surface area contributed by atoms with Gasteiger partial charge in [0.25, 0.3) is 0 Å². The Balaban J connectivity index is 1.87. The third-order valence-corrected chi connectivity index (χ3v) is 4.83. The van der Waals surface area contributed by atoms with Gasteiger partial charge in [0.2, 0.25) is 0 Å². The molecule has 0 bridgehead atoms. The number of Topliss-reactive ketones (excluding diaryl/α,β-unsaturated/α-hetero) is 1. The van der Waals surface area contributed by atoms with Gasteiger partial charge in [-0.1, -0.05) is 24.3 Å². The molecule has 0 saturated heterocycles. The second kappa shape index (κ2) is 9.55. The number of carboxylic acids is 1. The molecule has 5 heteroatoms. The number of hydrogen-bond acceptors (Lipinski definition) is 4. The molecule has 0 radical (unpaired) electrons. The molecule has 1 aromatic rings. The Bertz CT molecular complexity index is 554. The SMILES string of the molecule is O=C(O)COCC[C@H]1CCC(=O)[C@@H]1CCc1ccccc1CCO. The van der Waals surface area contributed by atoms with Crippen molar-refractivity contribution in [3.63, 3.8) is 0 Å². The minimum Gasteiger partial charge on any atom is -0.480 e. The zero-order valence-electron chi connectivity index (χ0n) is 13.9. The molecule has 1 fully saturated rings. The van der Waals surface area contributed by atoms with Crippen LogP contribution in [0.1, 0.15) is 36.8 Å². The van der Waals surface area contributed by atoms with E-state index in [-0.39, 0.29) is 25.0 Å². The van der Waals surface area contributed by atoms with E-state index in [0.717, 1.165) is 31.2 Å². The fraction of sp³-hybridized carbons (Fsp3) is 0.579. The summed E-state index contributed by atoms with van der Waals surface area (Å²) in [6.07, 6.45) is 4.51. The van der Waals surface area contributed by atoms with Crippen molar-refractivity contribution in [2.75, 3.05) is 19.8 Å². The molecule has 0 amide bonds. The lowest BCUT2D eigenvalue weighted by Gasteiger charge is -2.19. The van der Waals surface area contributed by atoms with Crippen LogP contribution >= 0.6 is 0 Å². The van der Waals surface area contributed by atoms with Gasteiger partial charge >= 0.3 is 5.97 Å². The molecule has 0 heterocycles. The molecule has 0 aromatic heterocycles. The standard InChI is InChI=1S/C19H26O5/c20-11-9-15-4-2-1-3-14(15)5-7-17-16(6-8-18(17)21)10-12-24-13-19(22)23/h1-4,16-17,20H,5-13H2,(H,22,23)/t16-,17-/m1/s1. The number of aryl methyl sites for hydroxylation is 1. The highest BCUT2D eigenvalue weighted by Gasteiger charge is 2.33. The first kappa shape index (κ1) is 18.6. The molecule has 132 valence electrons. The number of ketones is 1. The van der Waals surface area contributed by atoms with Crippen LogP contribution in [0.5, 0.6) is 0 Å². The molecule has 0 spiro atoms. The van der Waals surface area contributed by atoms with Gasteiger partial charge in [0.05, 0.1) is 0 Å². The predicted molar refractivity (Wildman–Crippen MR) is 89.8 cm³/mol. The quantitative estimate of drug-likeness (QED) is 0.641. The summed E-state index contributed by atoms with van der Waals surface area (Å²) in [5.74, 6) is -0.315. The van der Waals surface area contributed by atoms with E-state index < -0.39 is 5.97 Å². The van der Waals surface area contributed by atoms with Crippen molar-refractivity contribution in [2.45, 2.75) is 38.5 Å². The third kappa shape index (κ3) is 5.42. The minimum atomic E-state index is -0.963. The summed E-state index contributed by atoms with van der Waals surface area (Å²) in [6.45, 7) is 0.241. The first-order valence-corrected chi connectivity index (χ1v) is 8.61. The lowest BCUT2D eigenvalue weighted by Crippen LogP contribution is -2.18. The maximum absolute atomic E-state index is 12.2. The number of carbonyl (C=O) groups is 2. The molecule has 1 saturated carbocycles. The highest BCUT2D eigenvalue weighted by Crippen LogP contribution is 2.34. The van der Waals surface area contributed by atoms with Gasteiger partial charge in [-0.15, -0.1) is 0 Å². The summed E-state index contributed by atoms with van der Waals surface area (Å²) in [7, 11) is 0. The first-order chi connectivity index (χ1) is 11.6. The molecule has 2 atom stereocenters. The molecule has 1 aliphatic rings. The van der Waals surface area contributed by atoms with Crippen LogP contribution in [0.3, 0.4) is 0 Å². The van der Waals surface area contributed by atoms with Crippen molar-refractivity contribution in [3.8, 4) is 0 Å². The number of carbonyl (C=O) groups excluding carboxylic acids is 1. The number of carboxylic acid groups (broad SMARTS) is 1. The van der Waals surface area contributed by atoms with Gasteiger partial charge in [-0.2, -0.15) is 0 Å². The maximum Gasteiger partial charge on any atom is 0.329 e. The lowest BCUT2D eigenvalue weighted by atomic mass is 9.86. The highest BCUT2D eigenvalue weighted by atomic mass is 16.5. The summed E-state index contributed by atoms with van der Waals surface area (Å²) in [4.78, 5) is 22.6. The number of aliphatic hydroxyl groups is 1. The lowest BCUT2D eigenvalue weighted by molar-refractivity contribution is -0.142. The van der Waals surface area contributed by atoms with Crippen molar-refractivity contribution < 1.29 is 24.5 Å². The monoisotopic (exact) mass is 334 g/mol. The van der Waals surface area contributed by atoms with Crippen molar-refractivity contribution in [1.29, 1.82) is 0 Å². The average molecular weight is 334 g/mol. The van der Waals surface area contributed by atoms with Gasteiger partial charge in [0.15, 0.2) is 0 Å². The van der Waals surface area contributed by atoms with Gasteiger partial charge < -0.3 is 14.9 Å². The molecule has 5 nitrogen and oxygen atoms in total. The van der Waals surface area contributed by atoms with Gasteiger partial charge in [0.1, 0.15) is 12.4 Å². The summed E-state index contributed by atoms with van der Waals surface area (Å²) in [5.41, 5.74) is 2.35. The van der Waals surface area contributed by atoms with Crippen molar-refractivity contribution in [2.24, 2.45) is 11.8 Å². The zero-order valence-corrected chi connectivity index (χ0v) is 13.9. The maximum atomic E-state index is 12.2. The van der Waals surface area contributed by atoms with Crippen LogP contribution in [-0.4, -0.2) is 41.8 Å². The van der Waals surface area contributed by atoms with Crippen molar-refractivity contribution in [1.82, 2.24) is 0 Å². The van der Waals surface area contributed by atoms with Gasteiger partial charge in [-0.3, -0.25) is 4.79 Å². The zero-order chi connectivity index (χ0) is 17.4. The van der Waals surface area contributed by atoms with E-state index in [9.17, 15) is 9.59 Å². The second-order valence-corrected chi connectivity index (χ2v) is 6.39. The van der Waals surface area contributed by atoms with Crippen LogP contribution in [0, 0.1) is 11.8 Å². The average Bonchev–Trinajstić information content (AvgIpc) is 2.91. The van der Waals surface area contributed by atoms with E-state index in [1.807, 2.05) is 18.2 Å². The van der Waals surface area contributed by atoms with Crippen LogP contribution in [-0.2, 0) is 27.2 Å². The molecule has 2 rings (SSSR count). The molecular formula is C19H26O5. The predicted octanol–water partition coefficient (Wildman–Crippen LogP) is 2.24. The Morgan fingerprint density at radius 1 is 1.17 bits per heavy atom. The number of hydrogen-bond donors (Lipinski definition) is 2. The molecule has 1 aromatic carbocycles. The molecule has 0 unspecified atom stereocenters. The third-order valence-electron chi connectivity index (χ3n) is 4.83. The Morgan fingerprint density at radius 3 is 2.54 bits per heavy atom. The number of ether oxygens (including phenoxy) is 1. The van der Waals surface area contributed by atoms with E-state index in [4.69, 9.17) is 14.9 Å². The summed E-state index contributed by atoms with van der Waals surface area (Å²) < 4.78 is 5.12. The summed E-state index contributed by atoms with van der Waals surface area (Å²) >= 11 is 0. The Hall–Kier alpha value is -1.72. The van der Waals surface area contributed by atoms with E-state index >= 15 is 0 Å². The largest absolute Gasteiger partial charge is 0.480 e. The molecule has 24 heavy (non-hydrogen) atoms. The fourth-order valence-electron chi connectivity index (χ4n) is 3.59. The summed E-state index contributed by atoms with van der Waals surface area (Å²) in [6, 6.07) is 8.05. The fourth-order valence-corrected chi connectivity index (χ4v) is 3.59. The minimum absolute atomic E-state index is 0.0422. The van der Waals surface area contributed by atoms with E-state index in [2.05, 4.69) is 6.07 Å². The number of aliphatic carboxylic acids is 1. The van der Waals surface area contributed by atoms with Gasteiger partial charge in [0, 0.05) is 25.6 Å². The first-order valence-electron chi connectivity index (χ1n) is 8.61. The molecular weight excluding hydrogens is 308 g/mol. The highest BCUT2D eigenvalue weighted by molar-refractivity contribution is 5.83. The van der Waals surface area contributed by atoms with Crippen LogP contribution in [0.4, 0.5) is 0 Å². The Kier molecular flexibility index (Phi) is 7.40. The molecule has 2 N–H and O–H groups in total. The normalized spacial score (nSPS) is 20.5. The molecule has 1 aliphatic carbocycles. The smallest absolute Gasteiger partial charge is 0.329 e. The van der Waals surface area contributed by atoms with E-state index in [1.165, 1.54) is 5.56 Å². The van der Waals surface area contributed by atoms with Crippen LogP contribution in [0.2, 0.25) is 0 Å². The van der Waals surface area contributed by atoms with Crippen molar-refractivity contribution in [3.05, 3.63) is 35.4 Å². The Morgan fingerprint density at radius 2 is 1.88 bits per heavy atom. The number of aliphatic hydroxyl groups excluding tert-OH is 1. The second-order valence-electron chi connectivity index (χ2n) is 6.39. The Labute approximate surface area is 142 Å².